The Morgan fingerprint density at radius 3 is 2.84 bits per heavy atom. The summed E-state index contributed by atoms with van der Waals surface area (Å²) < 4.78 is 0. The van der Waals surface area contributed by atoms with Gasteiger partial charge in [0.25, 0.3) is 0 Å². The summed E-state index contributed by atoms with van der Waals surface area (Å²) in [5.41, 5.74) is 6.22. The van der Waals surface area contributed by atoms with E-state index in [1.165, 1.54) is 4.88 Å². The highest BCUT2D eigenvalue weighted by Crippen LogP contribution is 2.33. The Hall–Kier alpha value is -0.460. The van der Waals surface area contributed by atoms with Crippen LogP contribution in [0.3, 0.4) is 0 Å². The number of nitrogens with zero attached hydrogens (tertiary/aromatic N) is 2. The molecule has 4 unspecified atom stereocenters. The molecular formula is C14H25N3OS. The highest BCUT2D eigenvalue weighted by Gasteiger charge is 2.38. The molecule has 4 nitrogen and oxygen atoms in total. The molecule has 1 aromatic rings. The van der Waals surface area contributed by atoms with E-state index in [0.29, 0.717) is 6.04 Å². The van der Waals surface area contributed by atoms with Gasteiger partial charge in [-0.25, -0.2) is 0 Å². The first kappa shape index (κ1) is 14.9. The van der Waals surface area contributed by atoms with Crippen LogP contribution in [0.2, 0.25) is 0 Å². The average molecular weight is 283 g/mol. The minimum atomic E-state index is -0.230. The normalized spacial score (nSPS) is 27.9. The van der Waals surface area contributed by atoms with Gasteiger partial charge in [0.2, 0.25) is 0 Å². The molecule has 0 bridgehead atoms. The second-order valence-corrected chi connectivity index (χ2v) is 6.80. The average Bonchev–Trinajstić information content (AvgIpc) is 2.89. The Balaban J connectivity index is 2.19. The summed E-state index contributed by atoms with van der Waals surface area (Å²) in [6.45, 7) is 3.75. The fourth-order valence-corrected chi connectivity index (χ4v) is 4.00. The first-order chi connectivity index (χ1) is 8.99. The van der Waals surface area contributed by atoms with Gasteiger partial charge in [0.1, 0.15) is 0 Å². The Labute approximate surface area is 119 Å². The maximum Gasteiger partial charge on any atom is 0.0682 e. The number of hydrogen-bond donors (Lipinski definition) is 2. The maximum absolute atomic E-state index is 10.0. The third-order valence-electron chi connectivity index (χ3n) is 3.70. The molecule has 0 spiro atoms. The molecule has 4 atom stereocenters. The Morgan fingerprint density at radius 2 is 2.32 bits per heavy atom. The van der Waals surface area contributed by atoms with Crippen LogP contribution in [0.15, 0.2) is 17.5 Å². The number of β-amino-alcohol motifs (C(OH)–C–C–N with tert-alkyl or cyclic N) is 1. The molecule has 0 amide bonds. The molecule has 1 fully saturated rings. The third kappa shape index (κ3) is 3.55. The topological polar surface area (TPSA) is 52.7 Å². The standard InChI is InChI=1S/C14H25N3OS/c1-10(15)14(13-5-4-6-19-13)17-9-12(18)7-11(17)8-16(2)3/h4-6,10-12,14,18H,7-9,15H2,1-3H3. The Kier molecular flexibility index (Phi) is 4.97. The first-order valence-electron chi connectivity index (χ1n) is 6.86. The van der Waals surface area contributed by atoms with Crippen LogP contribution in [-0.2, 0) is 0 Å². The van der Waals surface area contributed by atoms with E-state index in [4.69, 9.17) is 5.73 Å². The lowest BCUT2D eigenvalue weighted by atomic mass is 10.1. The van der Waals surface area contributed by atoms with Gasteiger partial charge in [0.15, 0.2) is 0 Å². The molecule has 0 aromatic carbocycles. The van der Waals surface area contributed by atoms with Crippen LogP contribution in [-0.4, -0.2) is 60.3 Å². The van der Waals surface area contributed by atoms with E-state index in [1.54, 1.807) is 11.3 Å². The zero-order valence-corrected chi connectivity index (χ0v) is 12.8. The van der Waals surface area contributed by atoms with Crippen LogP contribution in [0.1, 0.15) is 24.3 Å². The minimum absolute atomic E-state index is 0.0635. The second-order valence-electron chi connectivity index (χ2n) is 5.82. The predicted molar refractivity (Wildman–Crippen MR) is 80.4 cm³/mol. The number of thiophene rings is 1. The summed E-state index contributed by atoms with van der Waals surface area (Å²) in [4.78, 5) is 5.87. The van der Waals surface area contributed by atoms with Crippen LogP contribution in [0.4, 0.5) is 0 Å². The SMILES string of the molecule is CC(N)C(c1cccs1)N1CC(O)CC1CN(C)C. The highest BCUT2D eigenvalue weighted by atomic mass is 32.1. The fourth-order valence-electron chi connectivity index (χ4n) is 3.04. The van der Waals surface area contributed by atoms with Crippen molar-refractivity contribution in [3.05, 3.63) is 22.4 Å². The van der Waals surface area contributed by atoms with E-state index in [2.05, 4.69) is 48.3 Å². The van der Waals surface area contributed by atoms with E-state index in [1.807, 2.05) is 0 Å². The molecule has 0 radical (unpaired) electrons. The lowest BCUT2D eigenvalue weighted by Gasteiger charge is -2.35. The number of likely N-dealkylation sites (N-methyl/N-ethyl adjacent to an activating group) is 1. The Bertz CT molecular complexity index is 380. The van der Waals surface area contributed by atoms with Crippen LogP contribution in [0.25, 0.3) is 0 Å². The second kappa shape index (κ2) is 6.33. The molecule has 1 saturated heterocycles. The van der Waals surface area contributed by atoms with Crippen LogP contribution >= 0.6 is 11.3 Å². The molecular weight excluding hydrogens is 258 g/mol. The van der Waals surface area contributed by atoms with Crippen molar-refractivity contribution in [2.45, 2.75) is 37.6 Å². The zero-order chi connectivity index (χ0) is 14.0. The fraction of sp³-hybridized carbons (Fsp3) is 0.714. The minimum Gasteiger partial charge on any atom is -0.392 e. The maximum atomic E-state index is 10.0. The molecule has 0 saturated carbocycles. The van der Waals surface area contributed by atoms with Crippen molar-refractivity contribution in [2.75, 3.05) is 27.2 Å². The molecule has 108 valence electrons. The van der Waals surface area contributed by atoms with Gasteiger partial charge in [0, 0.05) is 30.1 Å². The van der Waals surface area contributed by atoms with Crippen molar-refractivity contribution in [2.24, 2.45) is 5.73 Å². The summed E-state index contributed by atoms with van der Waals surface area (Å²) in [6, 6.07) is 4.87. The van der Waals surface area contributed by atoms with Crippen molar-refractivity contribution >= 4 is 11.3 Å². The number of likely N-dealkylation sites (tertiary alicyclic amines) is 1. The van der Waals surface area contributed by atoms with Gasteiger partial charge in [-0.15, -0.1) is 11.3 Å². The summed E-state index contributed by atoms with van der Waals surface area (Å²) in [7, 11) is 4.16. The van der Waals surface area contributed by atoms with Crippen molar-refractivity contribution < 1.29 is 5.11 Å². The van der Waals surface area contributed by atoms with E-state index in [-0.39, 0.29) is 18.2 Å². The van der Waals surface area contributed by atoms with Crippen molar-refractivity contribution in [1.29, 1.82) is 0 Å². The van der Waals surface area contributed by atoms with Gasteiger partial charge in [-0.2, -0.15) is 0 Å². The van der Waals surface area contributed by atoms with Crippen molar-refractivity contribution in [3.63, 3.8) is 0 Å². The molecule has 1 aromatic heterocycles. The molecule has 3 N–H and O–H groups in total. The number of aliphatic hydroxyl groups excluding tert-OH is 1. The predicted octanol–water partition coefficient (Wildman–Crippen LogP) is 1.13. The number of hydrogen-bond acceptors (Lipinski definition) is 5. The van der Waals surface area contributed by atoms with Gasteiger partial charge in [0.05, 0.1) is 12.1 Å². The first-order valence-corrected chi connectivity index (χ1v) is 7.74. The zero-order valence-electron chi connectivity index (χ0n) is 12.0. The van der Waals surface area contributed by atoms with E-state index >= 15 is 0 Å². The van der Waals surface area contributed by atoms with Crippen molar-refractivity contribution in [1.82, 2.24) is 9.80 Å². The van der Waals surface area contributed by atoms with Crippen LogP contribution in [0.5, 0.6) is 0 Å². The van der Waals surface area contributed by atoms with Crippen molar-refractivity contribution in [3.8, 4) is 0 Å². The molecule has 1 aliphatic rings. The van der Waals surface area contributed by atoms with Crippen LogP contribution in [0, 0.1) is 0 Å². The monoisotopic (exact) mass is 283 g/mol. The van der Waals surface area contributed by atoms with Crippen LogP contribution < -0.4 is 5.73 Å². The number of rotatable bonds is 5. The Morgan fingerprint density at radius 1 is 1.58 bits per heavy atom. The lowest BCUT2D eigenvalue weighted by Crippen LogP contribution is -2.45. The summed E-state index contributed by atoms with van der Waals surface area (Å²) in [5, 5.41) is 12.1. The molecule has 0 aliphatic carbocycles. The molecule has 5 heteroatoms. The highest BCUT2D eigenvalue weighted by molar-refractivity contribution is 7.10. The van der Waals surface area contributed by atoms with Gasteiger partial charge in [-0.05, 0) is 38.9 Å². The summed E-state index contributed by atoms with van der Waals surface area (Å²) >= 11 is 1.75. The van der Waals surface area contributed by atoms with E-state index < -0.39 is 0 Å². The number of nitrogens with two attached hydrogens (primary N) is 1. The molecule has 2 heterocycles. The van der Waals surface area contributed by atoms with E-state index in [0.717, 1.165) is 19.5 Å². The van der Waals surface area contributed by atoms with Gasteiger partial charge in [-0.3, -0.25) is 4.90 Å². The lowest BCUT2D eigenvalue weighted by molar-refractivity contribution is 0.125. The smallest absolute Gasteiger partial charge is 0.0682 e. The third-order valence-corrected chi connectivity index (χ3v) is 4.64. The van der Waals surface area contributed by atoms with Gasteiger partial charge in [-0.1, -0.05) is 6.07 Å². The molecule has 19 heavy (non-hydrogen) atoms. The van der Waals surface area contributed by atoms with Gasteiger partial charge < -0.3 is 15.7 Å². The summed E-state index contributed by atoms with van der Waals surface area (Å²) in [5.74, 6) is 0. The largest absolute Gasteiger partial charge is 0.392 e. The number of aliphatic hydroxyl groups is 1. The van der Waals surface area contributed by atoms with Gasteiger partial charge >= 0.3 is 0 Å². The summed E-state index contributed by atoms with van der Waals surface area (Å²) in [6.07, 6.45) is 0.610. The molecule has 1 aliphatic heterocycles. The van der Waals surface area contributed by atoms with E-state index in [9.17, 15) is 5.11 Å². The molecule has 2 rings (SSSR count). The quantitative estimate of drug-likeness (QED) is 0.851.